The summed E-state index contributed by atoms with van der Waals surface area (Å²) in [6.45, 7) is 9.73. The van der Waals surface area contributed by atoms with Gasteiger partial charge in [0.15, 0.2) is 0 Å². The molecule has 0 amide bonds. The molecular weight excluding hydrogens is 244 g/mol. The smallest absolute Gasteiger partial charge is 0.0594 e. The molecule has 2 heteroatoms. The van der Waals surface area contributed by atoms with Crippen molar-refractivity contribution >= 4 is 5.69 Å². The predicted octanol–water partition coefficient (Wildman–Crippen LogP) is 4.94. The molecule has 2 nitrogen and oxygen atoms in total. The zero-order valence-electron chi connectivity index (χ0n) is 12.9. The van der Waals surface area contributed by atoms with Gasteiger partial charge in [-0.3, -0.25) is 4.98 Å². The Balaban J connectivity index is 2.28. The molecule has 0 aliphatic carbocycles. The second-order valence-corrected chi connectivity index (χ2v) is 5.80. The number of para-hydroxylation sites is 1. The first-order valence-corrected chi connectivity index (χ1v) is 7.36. The SMILES string of the molecule is CC(C)c1cccc(C(C)C)c1NCc1ccccn1. The van der Waals surface area contributed by atoms with Crippen LogP contribution in [-0.2, 0) is 6.54 Å². The molecule has 1 heterocycles. The van der Waals surface area contributed by atoms with Gasteiger partial charge in [-0.2, -0.15) is 0 Å². The highest BCUT2D eigenvalue weighted by Gasteiger charge is 2.13. The van der Waals surface area contributed by atoms with Gasteiger partial charge in [-0.1, -0.05) is 52.0 Å². The molecule has 0 bridgehead atoms. The van der Waals surface area contributed by atoms with Crippen LogP contribution in [0, 0.1) is 0 Å². The van der Waals surface area contributed by atoms with E-state index in [4.69, 9.17) is 0 Å². The summed E-state index contributed by atoms with van der Waals surface area (Å²) in [6, 6.07) is 12.6. The van der Waals surface area contributed by atoms with Crippen molar-refractivity contribution in [3.8, 4) is 0 Å². The summed E-state index contributed by atoms with van der Waals surface area (Å²) >= 11 is 0. The lowest BCUT2D eigenvalue weighted by Crippen LogP contribution is -2.08. The van der Waals surface area contributed by atoms with Crippen LogP contribution in [0.1, 0.15) is 56.4 Å². The Hall–Kier alpha value is -1.83. The maximum absolute atomic E-state index is 4.38. The van der Waals surface area contributed by atoms with Gasteiger partial charge in [-0.25, -0.2) is 0 Å². The van der Waals surface area contributed by atoms with E-state index in [1.807, 2.05) is 18.3 Å². The summed E-state index contributed by atoms with van der Waals surface area (Å²) in [5.74, 6) is 1.03. The lowest BCUT2D eigenvalue weighted by molar-refractivity contribution is 0.831. The zero-order valence-corrected chi connectivity index (χ0v) is 12.9. The van der Waals surface area contributed by atoms with Gasteiger partial charge in [0.25, 0.3) is 0 Å². The average Bonchev–Trinajstić information content (AvgIpc) is 2.45. The minimum Gasteiger partial charge on any atom is -0.379 e. The molecule has 1 aromatic carbocycles. The molecule has 1 aromatic heterocycles. The van der Waals surface area contributed by atoms with Crippen LogP contribution in [0.15, 0.2) is 42.6 Å². The molecule has 0 saturated heterocycles. The number of anilines is 1. The number of hydrogen-bond donors (Lipinski definition) is 1. The van der Waals surface area contributed by atoms with E-state index in [9.17, 15) is 0 Å². The van der Waals surface area contributed by atoms with Gasteiger partial charge < -0.3 is 5.32 Å². The predicted molar refractivity (Wildman–Crippen MR) is 86.2 cm³/mol. The first kappa shape index (κ1) is 14.6. The van der Waals surface area contributed by atoms with Crippen molar-refractivity contribution < 1.29 is 0 Å². The summed E-state index contributed by atoms with van der Waals surface area (Å²) in [7, 11) is 0. The largest absolute Gasteiger partial charge is 0.379 e. The van der Waals surface area contributed by atoms with E-state index in [1.54, 1.807) is 0 Å². The van der Waals surface area contributed by atoms with E-state index in [2.05, 4.69) is 62.3 Å². The molecule has 20 heavy (non-hydrogen) atoms. The molecule has 2 rings (SSSR count). The summed E-state index contributed by atoms with van der Waals surface area (Å²) in [5.41, 5.74) is 5.11. The van der Waals surface area contributed by atoms with E-state index in [0.717, 1.165) is 12.2 Å². The fourth-order valence-electron chi connectivity index (χ4n) is 2.44. The molecule has 0 radical (unpaired) electrons. The van der Waals surface area contributed by atoms with Crippen LogP contribution in [0.4, 0.5) is 5.69 Å². The highest BCUT2D eigenvalue weighted by molar-refractivity contribution is 5.60. The molecule has 0 saturated carbocycles. The van der Waals surface area contributed by atoms with Gasteiger partial charge in [-0.05, 0) is 35.1 Å². The number of nitrogens with one attached hydrogen (secondary N) is 1. The van der Waals surface area contributed by atoms with E-state index < -0.39 is 0 Å². The van der Waals surface area contributed by atoms with E-state index in [1.165, 1.54) is 16.8 Å². The first-order chi connectivity index (χ1) is 9.59. The Bertz CT molecular complexity index is 518. The van der Waals surface area contributed by atoms with Crippen molar-refractivity contribution in [1.29, 1.82) is 0 Å². The number of pyridine rings is 1. The molecule has 0 aliphatic heterocycles. The lowest BCUT2D eigenvalue weighted by atomic mass is 9.92. The van der Waals surface area contributed by atoms with Gasteiger partial charge in [0, 0.05) is 11.9 Å². The minimum absolute atomic E-state index is 0.514. The molecule has 0 fully saturated rings. The Kier molecular flexibility index (Phi) is 4.78. The molecule has 0 unspecified atom stereocenters. The number of hydrogen-bond acceptors (Lipinski definition) is 2. The molecule has 0 aliphatic rings. The highest BCUT2D eigenvalue weighted by atomic mass is 14.9. The van der Waals surface area contributed by atoms with Crippen LogP contribution in [-0.4, -0.2) is 4.98 Å². The molecule has 0 atom stereocenters. The minimum atomic E-state index is 0.514. The van der Waals surface area contributed by atoms with Crippen molar-refractivity contribution in [2.24, 2.45) is 0 Å². The Morgan fingerprint density at radius 3 is 2.05 bits per heavy atom. The van der Waals surface area contributed by atoms with Crippen LogP contribution in [0.2, 0.25) is 0 Å². The summed E-state index contributed by atoms with van der Waals surface area (Å²) < 4.78 is 0. The standard InChI is InChI=1S/C18H24N2/c1-13(2)16-9-7-10-17(14(3)4)18(16)20-12-15-8-5-6-11-19-15/h5-11,13-14,20H,12H2,1-4H3. The quantitative estimate of drug-likeness (QED) is 0.830. The number of benzene rings is 1. The zero-order chi connectivity index (χ0) is 14.5. The third-order valence-electron chi connectivity index (χ3n) is 3.55. The highest BCUT2D eigenvalue weighted by Crippen LogP contribution is 2.32. The first-order valence-electron chi connectivity index (χ1n) is 7.36. The fourth-order valence-corrected chi connectivity index (χ4v) is 2.44. The second-order valence-electron chi connectivity index (χ2n) is 5.80. The number of aromatic nitrogens is 1. The average molecular weight is 268 g/mol. The van der Waals surface area contributed by atoms with Gasteiger partial charge in [0.05, 0.1) is 12.2 Å². The van der Waals surface area contributed by atoms with Gasteiger partial charge in [0.2, 0.25) is 0 Å². The van der Waals surface area contributed by atoms with Crippen molar-refractivity contribution in [3.63, 3.8) is 0 Å². The monoisotopic (exact) mass is 268 g/mol. The second kappa shape index (κ2) is 6.56. The Morgan fingerprint density at radius 2 is 1.55 bits per heavy atom. The van der Waals surface area contributed by atoms with Gasteiger partial charge in [-0.15, -0.1) is 0 Å². The van der Waals surface area contributed by atoms with E-state index in [0.29, 0.717) is 11.8 Å². The topological polar surface area (TPSA) is 24.9 Å². The maximum atomic E-state index is 4.38. The Morgan fingerprint density at radius 1 is 0.900 bits per heavy atom. The lowest BCUT2D eigenvalue weighted by Gasteiger charge is -2.20. The summed E-state index contributed by atoms with van der Waals surface area (Å²) in [5, 5.41) is 3.60. The molecule has 1 N–H and O–H groups in total. The van der Waals surface area contributed by atoms with Crippen LogP contribution < -0.4 is 5.32 Å². The van der Waals surface area contributed by atoms with Crippen LogP contribution in [0.5, 0.6) is 0 Å². The van der Waals surface area contributed by atoms with Crippen LogP contribution >= 0.6 is 0 Å². The summed E-state index contributed by atoms with van der Waals surface area (Å²) in [4.78, 5) is 4.38. The third kappa shape index (κ3) is 3.38. The van der Waals surface area contributed by atoms with Crippen LogP contribution in [0.25, 0.3) is 0 Å². The molecule has 2 aromatic rings. The van der Waals surface area contributed by atoms with Gasteiger partial charge in [0.1, 0.15) is 0 Å². The number of rotatable bonds is 5. The van der Waals surface area contributed by atoms with Crippen molar-refractivity contribution in [1.82, 2.24) is 4.98 Å². The summed E-state index contributed by atoms with van der Waals surface area (Å²) in [6.07, 6.45) is 1.84. The van der Waals surface area contributed by atoms with E-state index in [-0.39, 0.29) is 0 Å². The van der Waals surface area contributed by atoms with Crippen LogP contribution in [0.3, 0.4) is 0 Å². The molecular formula is C18H24N2. The Labute approximate surface area is 122 Å². The van der Waals surface area contributed by atoms with E-state index >= 15 is 0 Å². The normalized spacial score (nSPS) is 11.1. The maximum Gasteiger partial charge on any atom is 0.0594 e. The van der Waals surface area contributed by atoms with Crippen molar-refractivity contribution in [3.05, 3.63) is 59.4 Å². The third-order valence-corrected chi connectivity index (χ3v) is 3.55. The van der Waals surface area contributed by atoms with Crippen molar-refractivity contribution in [2.45, 2.75) is 46.1 Å². The van der Waals surface area contributed by atoms with Crippen molar-refractivity contribution in [2.75, 3.05) is 5.32 Å². The fraction of sp³-hybridized carbons (Fsp3) is 0.389. The molecule has 106 valence electrons. The molecule has 0 spiro atoms. The number of nitrogens with zero attached hydrogens (tertiary/aromatic N) is 1. The van der Waals surface area contributed by atoms with Gasteiger partial charge >= 0.3 is 0 Å².